The SMILES string of the molecule is C/C=C(\C)CC[C@@H]1[C@@]2(C)CCCC(C)(C)C2CC[C@@]1(C)O. The first-order valence-electron chi connectivity index (χ1n) is 8.98. The normalized spacial score (nSPS) is 43.5. The number of aliphatic hydroxyl groups is 1. The lowest BCUT2D eigenvalue weighted by Crippen LogP contribution is -2.57. The molecule has 2 rings (SSSR count). The van der Waals surface area contributed by atoms with Crippen molar-refractivity contribution in [2.45, 2.75) is 92.1 Å². The van der Waals surface area contributed by atoms with Crippen LogP contribution in [0.15, 0.2) is 11.6 Å². The van der Waals surface area contributed by atoms with Gasteiger partial charge in [0.2, 0.25) is 0 Å². The van der Waals surface area contributed by atoms with Crippen LogP contribution in [-0.4, -0.2) is 10.7 Å². The molecule has 4 atom stereocenters. The fourth-order valence-electron chi connectivity index (χ4n) is 5.78. The van der Waals surface area contributed by atoms with E-state index < -0.39 is 5.60 Å². The minimum absolute atomic E-state index is 0.317. The molecule has 0 spiro atoms. The first-order valence-corrected chi connectivity index (χ1v) is 8.98. The van der Waals surface area contributed by atoms with E-state index in [1.165, 1.54) is 31.3 Å². The Kier molecular flexibility index (Phi) is 4.65. The van der Waals surface area contributed by atoms with Gasteiger partial charge in [-0.3, -0.25) is 0 Å². The summed E-state index contributed by atoms with van der Waals surface area (Å²) in [5, 5.41) is 11.1. The van der Waals surface area contributed by atoms with Crippen LogP contribution in [0, 0.1) is 22.7 Å². The topological polar surface area (TPSA) is 20.2 Å². The van der Waals surface area contributed by atoms with Crippen molar-refractivity contribution in [3.05, 3.63) is 11.6 Å². The van der Waals surface area contributed by atoms with E-state index in [-0.39, 0.29) is 0 Å². The van der Waals surface area contributed by atoms with Crippen molar-refractivity contribution in [1.82, 2.24) is 0 Å². The van der Waals surface area contributed by atoms with Gasteiger partial charge in [0, 0.05) is 0 Å². The van der Waals surface area contributed by atoms with Gasteiger partial charge in [0.05, 0.1) is 5.60 Å². The molecule has 0 amide bonds. The van der Waals surface area contributed by atoms with E-state index in [0.717, 1.165) is 25.2 Å². The van der Waals surface area contributed by atoms with Gasteiger partial charge in [0.25, 0.3) is 0 Å². The maximum absolute atomic E-state index is 11.1. The van der Waals surface area contributed by atoms with E-state index >= 15 is 0 Å². The molecule has 0 saturated heterocycles. The average molecular weight is 293 g/mol. The second-order valence-electron chi connectivity index (χ2n) is 9.02. The summed E-state index contributed by atoms with van der Waals surface area (Å²) in [4.78, 5) is 0. The Hall–Kier alpha value is -0.300. The number of hydrogen-bond acceptors (Lipinski definition) is 1. The zero-order valence-electron chi connectivity index (χ0n) is 15.1. The Bertz CT molecular complexity index is 404. The van der Waals surface area contributed by atoms with Crippen molar-refractivity contribution in [1.29, 1.82) is 0 Å². The van der Waals surface area contributed by atoms with E-state index in [2.05, 4.69) is 47.6 Å². The van der Waals surface area contributed by atoms with Gasteiger partial charge in [-0.25, -0.2) is 0 Å². The van der Waals surface area contributed by atoms with Gasteiger partial charge in [-0.05, 0) is 82.0 Å². The predicted molar refractivity (Wildman–Crippen MR) is 91.2 cm³/mol. The van der Waals surface area contributed by atoms with Crippen LogP contribution in [-0.2, 0) is 0 Å². The predicted octanol–water partition coefficient (Wildman–Crippen LogP) is 5.73. The summed E-state index contributed by atoms with van der Waals surface area (Å²) in [5.41, 5.74) is 1.74. The van der Waals surface area contributed by atoms with Crippen LogP contribution in [0.3, 0.4) is 0 Å². The summed E-state index contributed by atoms with van der Waals surface area (Å²) < 4.78 is 0. The van der Waals surface area contributed by atoms with Crippen LogP contribution < -0.4 is 0 Å². The lowest BCUT2D eigenvalue weighted by Gasteiger charge is -2.61. The minimum Gasteiger partial charge on any atom is -0.390 e. The third-order valence-electron chi connectivity index (χ3n) is 7.08. The fraction of sp³-hybridized carbons (Fsp3) is 0.900. The molecule has 1 N–H and O–H groups in total. The van der Waals surface area contributed by atoms with Crippen LogP contribution in [0.5, 0.6) is 0 Å². The number of allylic oxidation sites excluding steroid dienone is 2. The minimum atomic E-state index is -0.479. The first kappa shape index (κ1) is 17.1. The van der Waals surface area contributed by atoms with E-state index in [1.54, 1.807) is 0 Å². The van der Waals surface area contributed by atoms with Crippen molar-refractivity contribution >= 4 is 0 Å². The maximum Gasteiger partial charge on any atom is 0.0653 e. The molecule has 1 unspecified atom stereocenters. The van der Waals surface area contributed by atoms with E-state index in [9.17, 15) is 5.11 Å². The molecule has 0 aromatic heterocycles. The molecular formula is C20H36O. The Morgan fingerprint density at radius 3 is 2.43 bits per heavy atom. The lowest BCUT2D eigenvalue weighted by molar-refractivity contribution is -0.168. The van der Waals surface area contributed by atoms with E-state index in [4.69, 9.17) is 0 Å². The molecule has 2 aliphatic carbocycles. The summed E-state index contributed by atoms with van der Waals surface area (Å²) >= 11 is 0. The van der Waals surface area contributed by atoms with Gasteiger partial charge in [0.15, 0.2) is 0 Å². The van der Waals surface area contributed by atoms with Crippen molar-refractivity contribution in [3.63, 3.8) is 0 Å². The summed E-state index contributed by atoms with van der Waals surface area (Å²) in [7, 11) is 0. The number of hydrogen-bond donors (Lipinski definition) is 1. The van der Waals surface area contributed by atoms with Gasteiger partial charge in [-0.1, -0.05) is 38.8 Å². The number of fused-ring (bicyclic) bond motifs is 1. The molecule has 2 aliphatic rings. The molecule has 0 aromatic carbocycles. The van der Waals surface area contributed by atoms with Crippen LogP contribution in [0.4, 0.5) is 0 Å². The van der Waals surface area contributed by atoms with Gasteiger partial charge in [0.1, 0.15) is 0 Å². The summed E-state index contributed by atoms with van der Waals surface area (Å²) in [5.74, 6) is 1.22. The largest absolute Gasteiger partial charge is 0.390 e. The summed E-state index contributed by atoms with van der Waals surface area (Å²) in [6, 6.07) is 0. The molecule has 0 bridgehead atoms. The number of rotatable bonds is 3. The van der Waals surface area contributed by atoms with Crippen molar-refractivity contribution in [2.75, 3.05) is 0 Å². The molecule has 0 aliphatic heterocycles. The van der Waals surface area contributed by atoms with Gasteiger partial charge in [-0.15, -0.1) is 0 Å². The molecule has 21 heavy (non-hydrogen) atoms. The van der Waals surface area contributed by atoms with Gasteiger partial charge in [-0.2, -0.15) is 0 Å². The maximum atomic E-state index is 11.1. The summed E-state index contributed by atoms with van der Waals surface area (Å²) in [6.07, 6.45) is 10.7. The third kappa shape index (κ3) is 3.09. The van der Waals surface area contributed by atoms with Crippen molar-refractivity contribution in [3.8, 4) is 0 Å². The standard InChI is InChI=1S/C20H36O/c1-7-15(2)9-10-17-19(5)13-8-12-18(3,4)16(19)11-14-20(17,6)21/h7,16-17,21H,8-14H2,1-6H3/b15-7+/t16?,17-,19+,20-/m1/s1. The molecule has 122 valence electrons. The Morgan fingerprint density at radius 1 is 1.14 bits per heavy atom. The molecule has 0 heterocycles. The molecule has 2 fully saturated rings. The van der Waals surface area contributed by atoms with Crippen molar-refractivity contribution in [2.24, 2.45) is 22.7 Å². The first-order chi connectivity index (χ1) is 9.63. The monoisotopic (exact) mass is 292 g/mol. The van der Waals surface area contributed by atoms with Gasteiger partial charge < -0.3 is 5.11 Å². The van der Waals surface area contributed by atoms with Crippen LogP contribution in [0.1, 0.15) is 86.5 Å². The second-order valence-corrected chi connectivity index (χ2v) is 9.02. The smallest absolute Gasteiger partial charge is 0.0653 e. The quantitative estimate of drug-likeness (QED) is 0.659. The zero-order valence-corrected chi connectivity index (χ0v) is 15.1. The van der Waals surface area contributed by atoms with Crippen LogP contribution in [0.25, 0.3) is 0 Å². The highest BCUT2D eigenvalue weighted by atomic mass is 16.3. The van der Waals surface area contributed by atoms with Crippen molar-refractivity contribution < 1.29 is 5.11 Å². The highest BCUT2D eigenvalue weighted by Gasteiger charge is 2.57. The zero-order chi connectivity index (χ0) is 15.9. The highest BCUT2D eigenvalue weighted by molar-refractivity contribution is 5.08. The van der Waals surface area contributed by atoms with E-state index in [1.807, 2.05) is 0 Å². The van der Waals surface area contributed by atoms with Gasteiger partial charge >= 0.3 is 0 Å². The molecule has 1 nitrogen and oxygen atoms in total. The second kappa shape index (κ2) is 5.72. The molecule has 2 saturated carbocycles. The highest BCUT2D eigenvalue weighted by Crippen LogP contribution is 2.62. The lowest BCUT2D eigenvalue weighted by atomic mass is 9.45. The fourth-order valence-corrected chi connectivity index (χ4v) is 5.78. The Balaban J connectivity index is 2.28. The summed E-state index contributed by atoms with van der Waals surface area (Å²) in [6.45, 7) is 13.9. The Morgan fingerprint density at radius 2 is 1.81 bits per heavy atom. The third-order valence-corrected chi connectivity index (χ3v) is 7.08. The molecule has 0 radical (unpaired) electrons. The molecule has 1 heteroatoms. The van der Waals surface area contributed by atoms with Crippen LogP contribution >= 0.6 is 0 Å². The molecule has 0 aromatic rings. The van der Waals surface area contributed by atoms with Crippen LogP contribution in [0.2, 0.25) is 0 Å². The Labute approximate surface area is 132 Å². The van der Waals surface area contributed by atoms with E-state index in [0.29, 0.717) is 16.7 Å². The molecular weight excluding hydrogens is 256 g/mol. The average Bonchev–Trinajstić information content (AvgIpc) is 2.35.